The quantitative estimate of drug-likeness (QED) is 0.895. The average molecular weight is 292 g/mol. The van der Waals surface area contributed by atoms with E-state index in [-0.39, 0.29) is 16.5 Å². The Morgan fingerprint density at radius 1 is 1.44 bits per heavy atom. The van der Waals surface area contributed by atoms with Gasteiger partial charge in [0.1, 0.15) is 4.90 Å². The third-order valence-electron chi connectivity index (χ3n) is 2.48. The molecule has 0 saturated carbocycles. The second-order valence-corrected chi connectivity index (χ2v) is 6.38. The molecule has 0 radical (unpaired) electrons. The maximum Gasteiger partial charge on any atom is 0.307 e. The highest BCUT2D eigenvalue weighted by molar-refractivity contribution is 7.89. The second kappa shape index (κ2) is 5.69. The third-order valence-corrected chi connectivity index (χ3v) is 4.80. The molecule has 5 nitrogen and oxygen atoms in total. The minimum atomic E-state index is -3.76. The maximum atomic E-state index is 12.2. The fourth-order valence-electron chi connectivity index (χ4n) is 1.38. The zero-order chi connectivity index (χ0) is 13.9. The number of hydrogen-bond acceptors (Lipinski definition) is 3. The zero-order valence-corrected chi connectivity index (χ0v) is 11.6. The summed E-state index contributed by atoms with van der Waals surface area (Å²) in [4.78, 5) is 10.7. The molecule has 1 unspecified atom stereocenters. The van der Waals surface area contributed by atoms with Gasteiger partial charge in [-0.05, 0) is 12.1 Å². The van der Waals surface area contributed by atoms with Crippen LogP contribution in [0.3, 0.4) is 0 Å². The summed E-state index contributed by atoms with van der Waals surface area (Å²) in [7, 11) is -2.43. The van der Waals surface area contributed by atoms with Gasteiger partial charge in [0, 0.05) is 13.6 Å². The minimum absolute atomic E-state index is 0.0215. The number of aliphatic carboxylic acids is 1. The fourth-order valence-corrected chi connectivity index (χ4v) is 3.13. The normalized spacial score (nSPS) is 13.6. The van der Waals surface area contributed by atoms with Gasteiger partial charge < -0.3 is 5.11 Å². The molecule has 0 amide bonds. The van der Waals surface area contributed by atoms with Crippen LogP contribution in [0, 0.1) is 5.92 Å². The number of rotatable bonds is 5. The Hall–Kier alpha value is -1.11. The molecule has 0 heterocycles. The monoisotopic (exact) mass is 291 g/mol. The Balaban J connectivity index is 3.01. The lowest BCUT2D eigenvalue weighted by atomic mass is 10.2. The van der Waals surface area contributed by atoms with Crippen molar-refractivity contribution in [1.29, 1.82) is 0 Å². The van der Waals surface area contributed by atoms with Crippen LogP contribution in [0.5, 0.6) is 0 Å². The Kier molecular flexibility index (Phi) is 4.72. The molecule has 0 bridgehead atoms. The standard InChI is InChI=1S/C11H14ClNO4S/c1-8(11(14)15)7-13(2)18(16,17)10-6-4-3-5-9(10)12/h3-6,8H,7H2,1-2H3,(H,14,15). The molecule has 0 saturated heterocycles. The molecule has 100 valence electrons. The van der Waals surface area contributed by atoms with Crippen LogP contribution in [0.1, 0.15) is 6.92 Å². The molecule has 0 aromatic heterocycles. The van der Waals surface area contributed by atoms with Gasteiger partial charge in [-0.15, -0.1) is 0 Å². The van der Waals surface area contributed by atoms with E-state index in [1.165, 1.54) is 26.1 Å². The fraction of sp³-hybridized carbons (Fsp3) is 0.364. The van der Waals surface area contributed by atoms with Gasteiger partial charge in [0.05, 0.1) is 10.9 Å². The highest BCUT2D eigenvalue weighted by atomic mass is 35.5. The Bertz CT molecular complexity index is 544. The van der Waals surface area contributed by atoms with Crippen LogP contribution in [-0.2, 0) is 14.8 Å². The number of hydrogen-bond donors (Lipinski definition) is 1. The van der Waals surface area contributed by atoms with E-state index < -0.39 is 21.9 Å². The van der Waals surface area contributed by atoms with E-state index in [2.05, 4.69) is 0 Å². The van der Waals surface area contributed by atoms with Gasteiger partial charge >= 0.3 is 5.97 Å². The first kappa shape index (κ1) is 14.9. The van der Waals surface area contributed by atoms with Gasteiger partial charge in [-0.2, -0.15) is 0 Å². The van der Waals surface area contributed by atoms with E-state index in [9.17, 15) is 13.2 Å². The third kappa shape index (κ3) is 3.22. The van der Waals surface area contributed by atoms with E-state index >= 15 is 0 Å². The lowest BCUT2D eigenvalue weighted by molar-refractivity contribution is -0.141. The first-order valence-electron chi connectivity index (χ1n) is 5.20. The van der Waals surface area contributed by atoms with E-state index in [4.69, 9.17) is 16.7 Å². The van der Waals surface area contributed by atoms with E-state index in [1.54, 1.807) is 12.1 Å². The van der Waals surface area contributed by atoms with Gasteiger partial charge in [0.15, 0.2) is 0 Å². The predicted octanol–water partition coefficient (Wildman–Crippen LogP) is 1.68. The van der Waals surface area contributed by atoms with Crippen LogP contribution in [0.25, 0.3) is 0 Å². The van der Waals surface area contributed by atoms with Gasteiger partial charge in [-0.1, -0.05) is 30.7 Å². The Morgan fingerprint density at radius 3 is 2.50 bits per heavy atom. The average Bonchev–Trinajstić information content (AvgIpc) is 2.28. The molecule has 7 heteroatoms. The maximum absolute atomic E-state index is 12.2. The first-order valence-corrected chi connectivity index (χ1v) is 7.02. The number of halogens is 1. The van der Waals surface area contributed by atoms with Crippen LogP contribution < -0.4 is 0 Å². The summed E-state index contributed by atoms with van der Waals surface area (Å²) in [5.74, 6) is -1.83. The van der Waals surface area contributed by atoms with Crippen LogP contribution in [-0.4, -0.2) is 37.4 Å². The number of carbonyl (C=O) groups is 1. The first-order chi connectivity index (χ1) is 8.26. The molecule has 18 heavy (non-hydrogen) atoms. The van der Waals surface area contributed by atoms with Crippen molar-refractivity contribution < 1.29 is 18.3 Å². The molecule has 1 N–H and O–H groups in total. The molecule has 1 rings (SSSR count). The summed E-state index contributed by atoms with van der Waals surface area (Å²) in [5.41, 5.74) is 0. The smallest absolute Gasteiger partial charge is 0.307 e. The van der Waals surface area contributed by atoms with Crippen LogP contribution in [0.4, 0.5) is 0 Å². The second-order valence-electron chi connectivity index (χ2n) is 3.96. The molecule has 0 aliphatic heterocycles. The molecule has 0 aliphatic carbocycles. The number of benzene rings is 1. The predicted molar refractivity (Wildman–Crippen MR) is 68.1 cm³/mol. The molecule has 0 spiro atoms. The van der Waals surface area contributed by atoms with E-state index in [1.807, 2.05) is 0 Å². The lowest BCUT2D eigenvalue weighted by Crippen LogP contribution is -2.33. The zero-order valence-electron chi connectivity index (χ0n) is 10.00. The van der Waals surface area contributed by atoms with Crippen molar-refractivity contribution in [3.8, 4) is 0 Å². The van der Waals surface area contributed by atoms with E-state index in [0.29, 0.717) is 0 Å². The minimum Gasteiger partial charge on any atom is -0.481 e. The van der Waals surface area contributed by atoms with Crippen molar-refractivity contribution >= 4 is 27.6 Å². The van der Waals surface area contributed by atoms with Gasteiger partial charge in [0.25, 0.3) is 0 Å². The van der Waals surface area contributed by atoms with Gasteiger partial charge in [-0.25, -0.2) is 12.7 Å². The van der Waals surface area contributed by atoms with Crippen molar-refractivity contribution in [1.82, 2.24) is 4.31 Å². The molecular formula is C11H14ClNO4S. The van der Waals surface area contributed by atoms with Crippen LogP contribution >= 0.6 is 11.6 Å². The SMILES string of the molecule is CC(CN(C)S(=O)(=O)c1ccccc1Cl)C(=O)O. The topological polar surface area (TPSA) is 74.7 Å². The van der Waals surface area contributed by atoms with Gasteiger partial charge in [0.2, 0.25) is 10.0 Å². The Morgan fingerprint density at radius 2 is 2.00 bits per heavy atom. The number of carboxylic acid groups (broad SMARTS) is 1. The summed E-state index contributed by atoms with van der Waals surface area (Å²) >= 11 is 5.83. The van der Waals surface area contributed by atoms with Crippen molar-refractivity contribution in [2.75, 3.05) is 13.6 Å². The van der Waals surface area contributed by atoms with Crippen LogP contribution in [0.2, 0.25) is 5.02 Å². The molecule has 0 fully saturated rings. The van der Waals surface area contributed by atoms with Gasteiger partial charge in [-0.3, -0.25) is 4.79 Å². The highest BCUT2D eigenvalue weighted by Gasteiger charge is 2.26. The van der Waals surface area contributed by atoms with Crippen molar-refractivity contribution in [2.24, 2.45) is 5.92 Å². The molecule has 1 aromatic rings. The number of carboxylic acids is 1. The molecule has 1 atom stereocenters. The van der Waals surface area contributed by atoms with Crippen LogP contribution in [0.15, 0.2) is 29.2 Å². The molecular weight excluding hydrogens is 278 g/mol. The highest BCUT2D eigenvalue weighted by Crippen LogP contribution is 2.23. The summed E-state index contributed by atoms with van der Waals surface area (Å²) in [6, 6.07) is 6.05. The number of nitrogens with zero attached hydrogens (tertiary/aromatic N) is 1. The Labute approximate surface area is 111 Å². The summed E-state index contributed by atoms with van der Waals surface area (Å²) in [6.07, 6.45) is 0. The molecule has 1 aromatic carbocycles. The lowest BCUT2D eigenvalue weighted by Gasteiger charge is -2.19. The van der Waals surface area contributed by atoms with Crippen molar-refractivity contribution in [2.45, 2.75) is 11.8 Å². The van der Waals surface area contributed by atoms with E-state index in [0.717, 1.165) is 4.31 Å². The number of sulfonamides is 1. The van der Waals surface area contributed by atoms with Crippen molar-refractivity contribution in [3.63, 3.8) is 0 Å². The molecule has 0 aliphatic rings. The van der Waals surface area contributed by atoms with Crippen molar-refractivity contribution in [3.05, 3.63) is 29.3 Å². The summed E-state index contributed by atoms with van der Waals surface area (Å²) in [6.45, 7) is 1.34. The summed E-state index contributed by atoms with van der Waals surface area (Å²) in [5, 5.41) is 8.89. The summed E-state index contributed by atoms with van der Waals surface area (Å²) < 4.78 is 25.3. The largest absolute Gasteiger partial charge is 0.481 e.